The van der Waals surface area contributed by atoms with Crippen molar-refractivity contribution in [3.8, 4) is 5.88 Å². The first kappa shape index (κ1) is 14.6. The second-order valence-corrected chi connectivity index (χ2v) is 3.21. The van der Waals surface area contributed by atoms with Crippen molar-refractivity contribution >= 4 is 0 Å². The van der Waals surface area contributed by atoms with Crippen molar-refractivity contribution in [2.24, 2.45) is 0 Å². The highest BCUT2D eigenvalue weighted by Gasteiger charge is 2.59. The number of hydrogen-bond acceptors (Lipinski definition) is 3. The van der Waals surface area contributed by atoms with Crippen molar-refractivity contribution in [2.75, 3.05) is 0 Å². The predicted molar refractivity (Wildman–Crippen MR) is 46.7 cm³/mol. The maximum absolute atomic E-state index is 12.2. The average molecular weight is 275 g/mol. The molecule has 1 heterocycles. The van der Waals surface area contributed by atoms with Crippen LogP contribution in [0.5, 0.6) is 5.88 Å². The zero-order valence-corrected chi connectivity index (χ0v) is 8.59. The molecule has 0 saturated heterocycles. The lowest BCUT2D eigenvalue weighted by molar-refractivity contribution is -0.300. The topological polar surface area (TPSA) is 42.4 Å². The highest BCUT2D eigenvalue weighted by Crippen LogP contribution is 2.35. The quantitative estimate of drug-likeness (QED) is 0.861. The zero-order valence-electron chi connectivity index (χ0n) is 8.59. The lowest BCUT2D eigenvalue weighted by Gasteiger charge is -2.23. The van der Waals surface area contributed by atoms with Crippen LogP contribution in [0.25, 0.3) is 0 Å². The summed E-state index contributed by atoms with van der Waals surface area (Å²) < 4.78 is 76.8. The lowest BCUT2D eigenvalue weighted by atomic mass is 10.3. The summed E-state index contributed by atoms with van der Waals surface area (Å²) in [5.74, 6) is -0.860. The van der Waals surface area contributed by atoms with Gasteiger partial charge in [0.15, 0.2) is 0 Å². The van der Waals surface area contributed by atoms with Crippen LogP contribution in [0.15, 0.2) is 18.2 Å². The van der Waals surface area contributed by atoms with Gasteiger partial charge in [-0.25, -0.2) is 4.98 Å². The number of ether oxygens (including phenoxy) is 1. The van der Waals surface area contributed by atoms with Crippen LogP contribution in [0.1, 0.15) is 5.69 Å². The highest BCUT2D eigenvalue weighted by atomic mass is 19.4. The number of pyridine rings is 1. The van der Waals surface area contributed by atoms with Gasteiger partial charge >= 0.3 is 12.4 Å². The summed E-state index contributed by atoms with van der Waals surface area (Å²) in [7, 11) is 0. The van der Waals surface area contributed by atoms with Crippen molar-refractivity contribution in [1.29, 1.82) is 0 Å². The number of aliphatic hydroxyl groups excluding tert-OH is 1. The Labute approximate surface area is 97.0 Å². The fourth-order valence-corrected chi connectivity index (χ4v) is 1.05. The van der Waals surface area contributed by atoms with Gasteiger partial charge in [0.1, 0.15) is 0 Å². The minimum Gasteiger partial charge on any atom is -0.455 e. The van der Waals surface area contributed by atoms with Crippen LogP contribution in [0.3, 0.4) is 0 Å². The summed E-state index contributed by atoms with van der Waals surface area (Å²) >= 11 is 0. The van der Waals surface area contributed by atoms with Gasteiger partial charge in [0.25, 0.3) is 6.10 Å². The highest BCUT2D eigenvalue weighted by molar-refractivity contribution is 5.16. The molecule has 18 heavy (non-hydrogen) atoms. The van der Waals surface area contributed by atoms with E-state index < -0.39 is 30.9 Å². The number of aromatic nitrogens is 1. The molecule has 1 aromatic heterocycles. The van der Waals surface area contributed by atoms with Gasteiger partial charge in [-0.05, 0) is 6.07 Å². The van der Waals surface area contributed by atoms with Crippen molar-refractivity contribution in [1.82, 2.24) is 4.98 Å². The molecule has 0 atom stereocenters. The molecular weight excluding hydrogens is 268 g/mol. The Morgan fingerprint density at radius 1 is 1.11 bits per heavy atom. The maximum Gasteiger partial charge on any atom is 0.434 e. The number of halogens is 6. The lowest BCUT2D eigenvalue weighted by Crippen LogP contribution is -2.46. The van der Waals surface area contributed by atoms with Gasteiger partial charge in [-0.15, -0.1) is 0 Å². The number of hydrogen-bond donors (Lipinski definition) is 1. The van der Waals surface area contributed by atoms with E-state index in [2.05, 4.69) is 9.72 Å². The normalized spacial score (nSPS) is 12.9. The van der Waals surface area contributed by atoms with Crippen LogP contribution in [0.4, 0.5) is 26.3 Å². The summed E-state index contributed by atoms with van der Waals surface area (Å²) in [6.07, 6.45) is -15.2. The number of alkyl halides is 6. The van der Waals surface area contributed by atoms with Crippen molar-refractivity contribution in [2.45, 2.75) is 25.1 Å². The van der Waals surface area contributed by atoms with Gasteiger partial charge in [-0.1, -0.05) is 6.07 Å². The fourth-order valence-electron chi connectivity index (χ4n) is 1.05. The number of rotatable bonds is 3. The largest absolute Gasteiger partial charge is 0.455 e. The second kappa shape index (κ2) is 5.01. The predicted octanol–water partition coefficient (Wildman–Crippen LogP) is 2.45. The monoisotopic (exact) mass is 275 g/mol. The molecule has 0 unspecified atom stereocenters. The number of aliphatic hydroxyl groups is 1. The molecule has 0 amide bonds. The first-order valence-corrected chi connectivity index (χ1v) is 4.51. The fraction of sp³-hybridized carbons (Fsp3) is 0.444. The Morgan fingerprint density at radius 3 is 2.11 bits per heavy atom. The third kappa shape index (κ3) is 3.76. The molecule has 0 fully saturated rings. The first-order chi connectivity index (χ1) is 8.14. The van der Waals surface area contributed by atoms with Crippen LogP contribution in [-0.2, 0) is 6.61 Å². The van der Waals surface area contributed by atoms with E-state index in [1.807, 2.05) is 0 Å². The molecule has 3 nitrogen and oxygen atoms in total. The smallest absolute Gasteiger partial charge is 0.434 e. The van der Waals surface area contributed by atoms with E-state index >= 15 is 0 Å². The third-order valence-electron chi connectivity index (χ3n) is 1.78. The Bertz CT molecular complexity index is 389. The van der Waals surface area contributed by atoms with Crippen LogP contribution in [0, 0.1) is 0 Å². The third-order valence-corrected chi connectivity index (χ3v) is 1.78. The SMILES string of the molecule is OCc1cccc(OC(C(F)(F)F)C(F)(F)F)n1. The van der Waals surface area contributed by atoms with E-state index in [9.17, 15) is 26.3 Å². The molecular formula is C9H7F6NO2. The molecule has 0 saturated carbocycles. The molecule has 0 spiro atoms. The molecule has 0 aliphatic heterocycles. The first-order valence-electron chi connectivity index (χ1n) is 4.51. The van der Waals surface area contributed by atoms with E-state index in [4.69, 9.17) is 5.11 Å². The van der Waals surface area contributed by atoms with Crippen molar-refractivity contribution in [3.05, 3.63) is 23.9 Å². The summed E-state index contributed by atoms with van der Waals surface area (Å²) in [6, 6.07) is 3.18. The molecule has 0 aliphatic rings. The maximum atomic E-state index is 12.2. The van der Waals surface area contributed by atoms with E-state index in [-0.39, 0.29) is 5.69 Å². The Morgan fingerprint density at radius 2 is 1.67 bits per heavy atom. The summed E-state index contributed by atoms with van der Waals surface area (Å²) in [4.78, 5) is 3.29. The molecule has 0 radical (unpaired) electrons. The molecule has 9 heteroatoms. The molecule has 1 aromatic rings. The van der Waals surface area contributed by atoms with Crippen LogP contribution >= 0.6 is 0 Å². The van der Waals surface area contributed by atoms with E-state index in [0.29, 0.717) is 0 Å². The van der Waals surface area contributed by atoms with Gasteiger partial charge in [-0.3, -0.25) is 0 Å². The summed E-state index contributed by atoms with van der Waals surface area (Å²) in [5, 5.41) is 8.65. The van der Waals surface area contributed by atoms with E-state index in [1.165, 1.54) is 6.07 Å². The zero-order chi connectivity index (χ0) is 14.0. The van der Waals surface area contributed by atoms with E-state index in [1.54, 1.807) is 0 Å². The van der Waals surface area contributed by atoms with Crippen LogP contribution in [-0.4, -0.2) is 28.5 Å². The molecule has 1 rings (SSSR count). The molecule has 0 aromatic carbocycles. The molecule has 102 valence electrons. The van der Waals surface area contributed by atoms with Gasteiger partial charge < -0.3 is 9.84 Å². The van der Waals surface area contributed by atoms with Crippen molar-refractivity contribution < 1.29 is 36.2 Å². The van der Waals surface area contributed by atoms with Gasteiger partial charge in [-0.2, -0.15) is 26.3 Å². The van der Waals surface area contributed by atoms with E-state index in [0.717, 1.165) is 12.1 Å². The minimum atomic E-state index is -5.60. The van der Waals surface area contributed by atoms with Crippen LogP contribution < -0.4 is 4.74 Å². The van der Waals surface area contributed by atoms with Gasteiger partial charge in [0, 0.05) is 6.07 Å². The van der Waals surface area contributed by atoms with Crippen LogP contribution in [0.2, 0.25) is 0 Å². The molecule has 0 bridgehead atoms. The van der Waals surface area contributed by atoms with Gasteiger partial charge in [0.2, 0.25) is 5.88 Å². The summed E-state index contributed by atoms with van der Waals surface area (Å²) in [5.41, 5.74) is -0.101. The second-order valence-electron chi connectivity index (χ2n) is 3.21. The molecule has 1 N–H and O–H groups in total. The standard InChI is InChI=1S/C9H7F6NO2/c10-8(11,12)7(9(13,14)15)18-6-3-1-2-5(4-17)16-6/h1-3,7,17H,4H2. The Hall–Kier alpha value is -1.51. The minimum absolute atomic E-state index is 0.101. The average Bonchev–Trinajstić information content (AvgIpc) is 2.23. The van der Waals surface area contributed by atoms with Gasteiger partial charge in [0.05, 0.1) is 12.3 Å². The number of nitrogens with zero attached hydrogens (tertiary/aromatic N) is 1. The van der Waals surface area contributed by atoms with Crippen molar-refractivity contribution in [3.63, 3.8) is 0 Å². The molecule has 0 aliphatic carbocycles. The Balaban J connectivity index is 2.97. The summed E-state index contributed by atoms with van der Waals surface area (Å²) in [6.45, 7) is -0.625. The Kier molecular flexibility index (Phi) is 4.05.